The van der Waals surface area contributed by atoms with Crippen molar-refractivity contribution >= 4 is 11.6 Å². The maximum absolute atomic E-state index is 6.62. The fourth-order valence-corrected chi connectivity index (χ4v) is 3.53. The Morgan fingerprint density at radius 2 is 1.94 bits per heavy atom. The van der Waals surface area contributed by atoms with Crippen molar-refractivity contribution < 1.29 is 4.74 Å². The predicted octanol–water partition coefficient (Wildman–Crippen LogP) is 3.56. The van der Waals surface area contributed by atoms with Crippen molar-refractivity contribution in [3.05, 3.63) is 27.3 Å². The molecule has 1 aromatic rings. The Labute approximate surface area is 114 Å². The molecule has 2 aliphatic rings. The molecular formula is C15H20ClNO. The third-order valence-corrected chi connectivity index (χ3v) is 4.90. The molecule has 1 unspecified atom stereocenters. The van der Waals surface area contributed by atoms with Gasteiger partial charge in [0.1, 0.15) is 5.75 Å². The van der Waals surface area contributed by atoms with Gasteiger partial charge in [-0.15, -0.1) is 0 Å². The Balaban J connectivity index is 2.21. The van der Waals surface area contributed by atoms with Gasteiger partial charge in [0.05, 0.1) is 7.11 Å². The van der Waals surface area contributed by atoms with Crippen LogP contribution in [0.5, 0.6) is 5.75 Å². The number of fused-ring (bicyclic) bond motifs is 1. The van der Waals surface area contributed by atoms with E-state index in [-0.39, 0.29) is 0 Å². The van der Waals surface area contributed by atoms with Crippen LogP contribution >= 0.6 is 11.6 Å². The summed E-state index contributed by atoms with van der Waals surface area (Å²) in [6, 6.07) is 0.439. The maximum atomic E-state index is 6.62. The number of benzene rings is 1. The van der Waals surface area contributed by atoms with Crippen molar-refractivity contribution in [2.75, 3.05) is 13.7 Å². The number of ether oxygens (including phenoxy) is 1. The zero-order valence-corrected chi connectivity index (χ0v) is 12.0. The second kappa shape index (κ2) is 4.43. The van der Waals surface area contributed by atoms with E-state index >= 15 is 0 Å². The normalized spacial score (nSPS) is 22.8. The van der Waals surface area contributed by atoms with Gasteiger partial charge in [-0.05, 0) is 62.3 Å². The average molecular weight is 266 g/mol. The van der Waals surface area contributed by atoms with E-state index in [2.05, 4.69) is 19.2 Å². The summed E-state index contributed by atoms with van der Waals surface area (Å²) in [4.78, 5) is 0. The molecule has 2 nitrogen and oxygen atoms in total. The average Bonchev–Trinajstić information content (AvgIpc) is 3.20. The van der Waals surface area contributed by atoms with E-state index in [4.69, 9.17) is 16.3 Å². The number of hydrogen-bond acceptors (Lipinski definition) is 2. The highest BCUT2D eigenvalue weighted by Gasteiger charge is 2.38. The maximum Gasteiger partial charge on any atom is 0.125 e. The van der Waals surface area contributed by atoms with Gasteiger partial charge in [-0.1, -0.05) is 11.6 Å². The molecule has 1 fully saturated rings. The zero-order chi connectivity index (χ0) is 12.9. The van der Waals surface area contributed by atoms with E-state index in [1.807, 2.05) is 0 Å². The van der Waals surface area contributed by atoms with Gasteiger partial charge in [-0.3, -0.25) is 0 Å². The van der Waals surface area contributed by atoms with Gasteiger partial charge < -0.3 is 10.1 Å². The number of nitrogens with one attached hydrogen (secondary N) is 1. The second-order valence-corrected chi connectivity index (χ2v) is 5.89. The molecule has 0 radical (unpaired) electrons. The van der Waals surface area contributed by atoms with Gasteiger partial charge in [0.15, 0.2) is 0 Å². The third-order valence-electron chi connectivity index (χ3n) is 4.42. The van der Waals surface area contributed by atoms with Crippen molar-refractivity contribution in [3.8, 4) is 5.75 Å². The molecule has 3 heteroatoms. The van der Waals surface area contributed by atoms with Crippen molar-refractivity contribution in [2.45, 2.75) is 39.2 Å². The Morgan fingerprint density at radius 1 is 1.22 bits per heavy atom. The summed E-state index contributed by atoms with van der Waals surface area (Å²) in [7, 11) is 1.77. The molecular weight excluding hydrogens is 246 g/mol. The van der Waals surface area contributed by atoms with Crippen LogP contribution in [-0.4, -0.2) is 13.7 Å². The second-order valence-electron chi connectivity index (χ2n) is 5.51. The van der Waals surface area contributed by atoms with Crippen molar-refractivity contribution in [1.82, 2.24) is 5.32 Å². The van der Waals surface area contributed by atoms with Crippen LogP contribution in [0.15, 0.2) is 0 Å². The number of methoxy groups -OCH3 is 1. The van der Waals surface area contributed by atoms with Gasteiger partial charge in [-0.25, -0.2) is 0 Å². The van der Waals surface area contributed by atoms with Crippen molar-refractivity contribution in [2.24, 2.45) is 5.92 Å². The van der Waals surface area contributed by atoms with E-state index in [9.17, 15) is 0 Å². The van der Waals surface area contributed by atoms with E-state index in [0.29, 0.717) is 6.04 Å². The van der Waals surface area contributed by atoms with Gasteiger partial charge in [0.2, 0.25) is 0 Å². The molecule has 98 valence electrons. The van der Waals surface area contributed by atoms with E-state index in [0.717, 1.165) is 29.7 Å². The lowest BCUT2D eigenvalue weighted by molar-refractivity contribution is 0.391. The molecule has 1 heterocycles. The summed E-state index contributed by atoms with van der Waals surface area (Å²) in [5.41, 5.74) is 5.01. The van der Waals surface area contributed by atoms with Gasteiger partial charge in [0, 0.05) is 16.6 Å². The highest BCUT2D eigenvalue weighted by atomic mass is 35.5. The minimum Gasteiger partial charge on any atom is -0.496 e. The van der Waals surface area contributed by atoms with Gasteiger partial charge >= 0.3 is 0 Å². The first-order chi connectivity index (χ1) is 8.65. The highest BCUT2D eigenvalue weighted by molar-refractivity contribution is 6.32. The molecule has 3 rings (SSSR count). The summed E-state index contributed by atoms with van der Waals surface area (Å²) in [6.45, 7) is 5.23. The van der Waals surface area contributed by atoms with E-state index < -0.39 is 0 Å². The van der Waals surface area contributed by atoms with Gasteiger partial charge in [-0.2, -0.15) is 0 Å². The minimum absolute atomic E-state index is 0.439. The molecule has 0 spiro atoms. The summed E-state index contributed by atoms with van der Waals surface area (Å²) in [6.07, 6.45) is 3.66. The molecule has 1 atom stereocenters. The molecule has 1 aliphatic heterocycles. The fraction of sp³-hybridized carbons (Fsp3) is 0.600. The van der Waals surface area contributed by atoms with Crippen molar-refractivity contribution in [1.29, 1.82) is 0 Å². The highest BCUT2D eigenvalue weighted by Crippen LogP contribution is 2.49. The summed E-state index contributed by atoms with van der Waals surface area (Å²) in [5.74, 6) is 1.83. The van der Waals surface area contributed by atoms with E-state index in [1.165, 1.54) is 35.1 Å². The van der Waals surface area contributed by atoms with Crippen LogP contribution in [0.3, 0.4) is 0 Å². The van der Waals surface area contributed by atoms with Crippen LogP contribution in [0.25, 0.3) is 0 Å². The largest absolute Gasteiger partial charge is 0.496 e. The summed E-state index contributed by atoms with van der Waals surface area (Å²) < 4.78 is 5.64. The van der Waals surface area contributed by atoms with Crippen LogP contribution in [0, 0.1) is 19.8 Å². The standard InChI is InChI=1S/C15H20ClNO/c1-8-9(2)15(18-3)11-6-7-17-14(10-4-5-10)12(11)13(8)16/h10,14,17H,4-7H2,1-3H3. The van der Waals surface area contributed by atoms with Crippen LogP contribution < -0.4 is 10.1 Å². The first-order valence-corrected chi connectivity index (χ1v) is 7.11. The first kappa shape index (κ1) is 12.3. The Hall–Kier alpha value is -0.730. The lowest BCUT2D eigenvalue weighted by atomic mass is 9.87. The third kappa shape index (κ3) is 1.74. The smallest absolute Gasteiger partial charge is 0.125 e. The Morgan fingerprint density at radius 3 is 2.56 bits per heavy atom. The molecule has 0 amide bonds. The topological polar surface area (TPSA) is 21.3 Å². The lowest BCUT2D eigenvalue weighted by Gasteiger charge is -2.31. The number of hydrogen-bond donors (Lipinski definition) is 1. The number of halogens is 1. The Kier molecular flexibility index (Phi) is 3.03. The van der Waals surface area contributed by atoms with Crippen LogP contribution in [0.4, 0.5) is 0 Å². The molecule has 1 aliphatic carbocycles. The van der Waals surface area contributed by atoms with Crippen LogP contribution in [-0.2, 0) is 6.42 Å². The van der Waals surface area contributed by atoms with Crippen LogP contribution in [0.2, 0.25) is 5.02 Å². The zero-order valence-electron chi connectivity index (χ0n) is 11.3. The lowest BCUT2D eigenvalue weighted by Crippen LogP contribution is -2.32. The van der Waals surface area contributed by atoms with Crippen LogP contribution in [0.1, 0.15) is 41.1 Å². The molecule has 18 heavy (non-hydrogen) atoms. The molecule has 0 saturated heterocycles. The van der Waals surface area contributed by atoms with Crippen molar-refractivity contribution in [3.63, 3.8) is 0 Å². The Bertz CT molecular complexity index is 494. The molecule has 0 aromatic heterocycles. The SMILES string of the molecule is COc1c(C)c(C)c(Cl)c2c1CCNC2C1CC1. The molecule has 1 saturated carbocycles. The molecule has 1 N–H and O–H groups in total. The van der Waals surface area contributed by atoms with Gasteiger partial charge in [0.25, 0.3) is 0 Å². The quantitative estimate of drug-likeness (QED) is 0.883. The number of rotatable bonds is 2. The first-order valence-electron chi connectivity index (χ1n) is 6.74. The molecule has 1 aromatic carbocycles. The predicted molar refractivity (Wildman–Crippen MR) is 74.6 cm³/mol. The van der Waals surface area contributed by atoms with E-state index in [1.54, 1.807) is 7.11 Å². The summed E-state index contributed by atoms with van der Waals surface area (Å²) >= 11 is 6.62. The monoisotopic (exact) mass is 265 g/mol. The summed E-state index contributed by atoms with van der Waals surface area (Å²) in [5, 5.41) is 4.59. The fourth-order valence-electron chi connectivity index (χ4n) is 3.15. The minimum atomic E-state index is 0.439. The molecule has 0 bridgehead atoms.